The van der Waals surface area contributed by atoms with E-state index in [2.05, 4.69) is 142 Å². The summed E-state index contributed by atoms with van der Waals surface area (Å²) in [5.41, 5.74) is 0. The fourth-order valence-electron chi connectivity index (χ4n) is 11.9. The fraction of sp³-hybridized carbons (Fsp3) is 0.747. The van der Waals surface area contributed by atoms with Crippen LogP contribution in [0.1, 0.15) is 380 Å². The van der Waals surface area contributed by atoms with Crippen LogP contribution in [0.5, 0.6) is 0 Å². The lowest BCUT2D eigenvalue weighted by atomic mass is 10.0. The summed E-state index contributed by atoms with van der Waals surface area (Å²) in [5, 5.41) is 20.7. The van der Waals surface area contributed by atoms with Crippen molar-refractivity contribution >= 4 is 33.6 Å². The number of rotatable bonds is 83. The molecule has 109 heavy (non-hydrogen) atoms. The Kier molecular flexibility index (Phi) is 80.3. The molecule has 0 aromatic heterocycles. The molecule has 0 spiro atoms. The van der Waals surface area contributed by atoms with Crippen LogP contribution in [0.15, 0.2) is 122 Å². The first-order chi connectivity index (χ1) is 53.2. The van der Waals surface area contributed by atoms with Crippen molar-refractivity contribution in [3.63, 3.8) is 0 Å². The average Bonchev–Trinajstić information content (AvgIpc) is 0.901. The Labute approximate surface area is 665 Å². The predicted octanol–water partition coefficient (Wildman–Crippen LogP) is 26.4. The lowest BCUT2D eigenvalue weighted by molar-refractivity contribution is -0.161. The van der Waals surface area contributed by atoms with E-state index in [1.54, 1.807) is 0 Å². The summed E-state index contributed by atoms with van der Waals surface area (Å²) < 4.78 is 61.3. The zero-order valence-electron chi connectivity index (χ0n) is 69.2. The number of ether oxygens (including phenoxy) is 3. The van der Waals surface area contributed by atoms with Gasteiger partial charge >= 0.3 is 33.6 Å². The molecule has 0 heterocycles. The molecule has 5 unspecified atom stereocenters. The van der Waals surface area contributed by atoms with Gasteiger partial charge in [-0.25, -0.2) is 9.13 Å². The molecule has 0 aromatic carbocycles. The second-order valence-corrected chi connectivity index (χ2v) is 32.2. The topological polar surface area (TPSA) is 231 Å². The van der Waals surface area contributed by atoms with Crippen molar-refractivity contribution in [2.75, 3.05) is 39.6 Å². The minimum atomic E-state index is -4.94. The van der Waals surface area contributed by atoms with Crippen LogP contribution in [0.4, 0.5) is 0 Å². The molecular formula is C91H160O16P2. The predicted molar refractivity (Wildman–Crippen MR) is 454 cm³/mol. The molecule has 18 heteroatoms. The SMILES string of the molecule is CCC/C=C\C/C=C\CCCCCCCC(=O)OC(COC(=O)CCCCCCCCCCCCCCC/C=C\C/C=C\C/C=C\C/C=C\CCCCC)COP(=O)(O)OCC(O)COP(=O)(O)OCC(O)COC(=O)CCCCCCCCCCCCCCCCC/C=C\C/C=C\C/C=C\C/C=C\CCCCC. The Bertz CT molecular complexity index is 2460. The Morgan fingerprint density at radius 2 is 0.477 bits per heavy atom. The molecule has 0 aliphatic rings. The number of unbranched alkanes of at least 4 members (excludes halogenated alkanes) is 40. The molecule has 0 bridgehead atoms. The molecule has 0 saturated heterocycles. The van der Waals surface area contributed by atoms with Gasteiger partial charge in [-0.2, -0.15) is 0 Å². The van der Waals surface area contributed by atoms with E-state index in [-0.39, 0.29) is 19.3 Å². The lowest BCUT2D eigenvalue weighted by Crippen LogP contribution is -2.30. The van der Waals surface area contributed by atoms with Gasteiger partial charge < -0.3 is 34.2 Å². The smallest absolute Gasteiger partial charge is 0.463 e. The van der Waals surface area contributed by atoms with Crippen LogP contribution >= 0.6 is 15.6 Å². The van der Waals surface area contributed by atoms with E-state index in [0.717, 1.165) is 135 Å². The third-order valence-corrected chi connectivity index (χ3v) is 20.5. The van der Waals surface area contributed by atoms with Crippen LogP contribution in [0, 0.1) is 0 Å². The Hall–Kier alpha value is -4.05. The minimum Gasteiger partial charge on any atom is -0.463 e. The zero-order valence-corrected chi connectivity index (χ0v) is 71.0. The van der Waals surface area contributed by atoms with Crippen molar-refractivity contribution in [3.05, 3.63) is 122 Å². The van der Waals surface area contributed by atoms with Gasteiger partial charge in [0.25, 0.3) is 0 Å². The molecule has 0 fully saturated rings. The summed E-state index contributed by atoms with van der Waals surface area (Å²) in [6, 6.07) is 0. The maximum atomic E-state index is 13.0. The number of allylic oxidation sites excluding steroid dienone is 20. The molecule has 0 aromatic rings. The standard InChI is InChI=1S/C91H160O16P2/c1-4-7-10-13-16-19-22-25-27-29-31-33-35-37-39-41-42-44-46-47-49-51-53-55-57-60-62-65-68-71-74-77-89(94)101-80-86(92)81-103-108(97,98)104-82-87(93)83-105-109(99,100)106-85-88(107-91(96)79-76-73-70-67-64-59-24-21-18-15-12-9-6-3)84-102-90(95)78-75-72-69-66-63-61-58-56-54-52-50-48-45-43-40-38-36-34-32-30-28-26-23-20-17-14-11-8-5-2/h12,15-17,19-21,24-28,31-34,37-40,86-88,92-93H,4-11,13-14,18,22-23,29-30,35-36,41-85H2,1-3H3,(H,97,98)(H,99,100)/b15-12-,19-16-,20-17-,24-21-,27-25-,28-26-,33-31-,34-32-,39-37-,40-38-. The number of phosphoric acid groups is 2. The number of carbonyl (C=O) groups is 3. The van der Waals surface area contributed by atoms with E-state index < -0.39 is 91.5 Å². The molecule has 0 amide bonds. The maximum absolute atomic E-state index is 13.0. The summed E-state index contributed by atoms with van der Waals surface area (Å²) in [6.07, 6.45) is 101. The molecular weight excluding hydrogens is 1410 g/mol. The zero-order chi connectivity index (χ0) is 79.4. The monoisotopic (exact) mass is 1570 g/mol. The normalized spacial score (nSPS) is 14.4. The number of hydrogen-bond acceptors (Lipinski definition) is 14. The van der Waals surface area contributed by atoms with Crippen molar-refractivity contribution < 1.29 is 75.8 Å². The van der Waals surface area contributed by atoms with Crippen LogP contribution in [-0.4, -0.2) is 95.9 Å². The molecule has 4 N–H and O–H groups in total. The second kappa shape index (κ2) is 83.4. The van der Waals surface area contributed by atoms with Crippen molar-refractivity contribution in [2.45, 2.75) is 399 Å². The van der Waals surface area contributed by atoms with E-state index in [4.69, 9.17) is 32.3 Å². The van der Waals surface area contributed by atoms with E-state index in [1.807, 2.05) is 0 Å². The van der Waals surface area contributed by atoms with Crippen molar-refractivity contribution in [2.24, 2.45) is 0 Å². The highest BCUT2D eigenvalue weighted by atomic mass is 31.2. The summed E-state index contributed by atoms with van der Waals surface area (Å²) in [6.45, 7) is 2.58. The third-order valence-electron chi connectivity index (χ3n) is 18.6. The maximum Gasteiger partial charge on any atom is 0.472 e. The first kappa shape index (κ1) is 105. The number of esters is 3. The number of aliphatic hydroxyl groups excluding tert-OH is 2. The van der Waals surface area contributed by atoms with Crippen molar-refractivity contribution in [1.82, 2.24) is 0 Å². The molecule has 0 aliphatic heterocycles. The molecule has 630 valence electrons. The van der Waals surface area contributed by atoms with Gasteiger partial charge in [0.1, 0.15) is 25.4 Å². The van der Waals surface area contributed by atoms with Gasteiger partial charge in [0, 0.05) is 19.3 Å². The fourth-order valence-corrected chi connectivity index (χ4v) is 13.5. The largest absolute Gasteiger partial charge is 0.472 e. The highest BCUT2D eigenvalue weighted by Gasteiger charge is 2.29. The number of phosphoric ester groups is 2. The average molecular weight is 1570 g/mol. The Morgan fingerprint density at radius 1 is 0.257 bits per heavy atom. The minimum absolute atomic E-state index is 0.0878. The summed E-state index contributed by atoms with van der Waals surface area (Å²) in [5.74, 6) is -1.58. The number of hydrogen-bond donors (Lipinski definition) is 4. The summed E-state index contributed by atoms with van der Waals surface area (Å²) in [4.78, 5) is 58.8. The Balaban J connectivity index is 4.43. The van der Waals surface area contributed by atoms with Crippen LogP contribution in [0.3, 0.4) is 0 Å². The van der Waals surface area contributed by atoms with E-state index >= 15 is 0 Å². The highest BCUT2D eigenvalue weighted by Crippen LogP contribution is 2.45. The first-order valence-electron chi connectivity index (χ1n) is 43.8. The number of carbonyl (C=O) groups excluding carboxylic acids is 3. The van der Waals surface area contributed by atoms with Crippen molar-refractivity contribution in [1.29, 1.82) is 0 Å². The van der Waals surface area contributed by atoms with Gasteiger partial charge in [-0.3, -0.25) is 32.5 Å². The summed E-state index contributed by atoms with van der Waals surface area (Å²) in [7, 11) is -9.80. The van der Waals surface area contributed by atoms with Gasteiger partial charge in [0.2, 0.25) is 0 Å². The molecule has 0 saturated carbocycles. The first-order valence-corrected chi connectivity index (χ1v) is 46.8. The van der Waals surface area contributed by atoms with E-state index in [9.17, 15) is 43.5 Å². The van der Waals surface area contributed by atoms with E-state index in [1.165, 1.54) is 186 Å². The third kappa shape index (κ3) is 84.7. The van der Waals surface area contributed by atoms with Crippen LogP contribution < -0.4 is 0 Å². The van der Waals surface area contributed by atoms with Crippen LogP contribution in [0.2, 0.25) is 0 Å². The van der Waals surface area contributed by atoms with E-state index in [0.29, 0.717) is 19.3 Å². The van der Waals surface area contributed by atoms with Gasteiger partial charge in [0.05, 0.1) is 26.4 Å². The van der Waals surface area contributed by atoms with Crippen LogP contribution in [-0.2, 0) is 55.8 Å². The van der Waals surface area contributed by atoms with Crippen molar-refractivity contribution in [3.8, 4) is 0 Å². The molecule has 16 nitrogen and oxygen atoms in total. The van der Waals surface area contributed by atoms with Gasteiger partial charge in [0.15, 0.2) is 6.10 Å². The van der Waals surface area contributed by atoms with Gasteiger partial charge in [-0.15, -0.1) is 0 Å². The molecule has 0 radical (unpaired) electrons. The number of aliphatic hydroxyl groups is 2. The molecule has 0 rings (SSSR count). The molecule has 5 atom stereocenters. The van der Waals surface area contributed by atoms with Gasteiger partial charge in [-0.05, 0) is 135 Å². The lowest BCUT2D eigenvalue weighted by Gasteiger charge is -2.21. The highest BCUT2D eigenvalue weighted by molar-refractivity contribution is 7.47. The summed E-state index contributed by atoms with van der Waals surface area (Å²) >= 11 is 0. The quantitative estimate of drug-likeness (QED) is 0.0146. The molecule has 0 aliphatic carbocycles. The second-order valence-electron chi connectivity index (χ2n) is 29.3. The van der Waals surface area contributed by atoms with Gasteiger partial charge in [-0.1, -0.05) is 348 Å². The Morgan fingerprint density at radius 3 is 0.761 bits per heavy atom. The van der Waals surface area contributed by atoms with Crippen LogP contribution in [0.25, 0.3) is 0 Å².